The lowest BCUT2D eigenvalue weighted by molar-refractivity contribution is -0.114. The Morgan fingerprint density at radius 3 is 2.67 bits per heavy atom. The molecule has 7 heteroatoms. The number of alkyl halides is 1. The van der Waals surface area contributed by atoms with E-state index in [1.807, 2.05) is 0 Å². The standard InChI is InChI=1S/C20H17F2N3O2/c1-10-13(4-3-5-15(10)21)12-6-7-17-24-20(23-11(2)26)18(25(17)9-12)19(27)14-8-16(14)22/h3-7,9,14,16H,8H2,1-2H3,(H,23,26)/t14-,16+/m1/s1. The maximum absolute atomic E-state index is 13.9. The van der Waals surface area contributed by atoms with Gasteiger partial charge in [0, 0.05) is 13.1 Å². The van der Waals surface area contributed by atoms with Gasteiger partial charge in [0.1, 0.15) is 23.3 Å². The maximum atomic E-state index is 13.9. The number of hydrogen-bond acceptors (Lipinski definition) is 3. The van der Waals surface area contributed by atoms with Gasteiger partial charge in [0.05, 0.1) is 5.92 Å². The van der Waals surface area contributed by atoms with Crippen LogP contribution in [-0.4, -0.2) is 27.2 Å². The molecule has 3 aromatic rings. The quantitative estimate of drug-likeness (QED) is 0.709. The van der Waals surface area contributed by atoms with E-state index in [0.717, 1.165) is 0 Å². The van der Waals surface area contributed by atoms with Crippen molar-refractivity contribution in [1.82, 2.24) is 9.38 Å². The van der Waals surface area contributed by atoms with Crippen LogP contribution in [0, 0.1) is 18.7 Å². The second kappa shape index (κ2) is 6.26. The number of fused-ring (bicyclic) bond motifs is 1. The van der Waals surface area contributed by atoms with Gasteiger partial charge in [-0.3, -0.25) is 14.0 Å². The van der Waals surface area contributed by atoms with E-state index in [2.05, 4.69) is 10.3 Å². The summed E-state index contributed by atoms with van der Waals surface area (Å²) in [5.74, 6) is -1.70. The molecule has 2 heterocycles. The van der Waals surface area contributed by atoms with Crippen LogP contribution in [0.15, 0.2) is 36.5 Å². The molecule has 1 saturated carbocycles. The maximum Gasteiger partial charge on any atom is 0.222 e. The minimum atomic E-state index is -1.16. The molecule has 0 spiro atoms. The Morgan fingerprint density at radius 2 is 2.00 bits per heavy atom. The van der Waals surface area contributed by atoms with E-state index < -0.39 is 17.9 Å². The molecule has 1 aliphatic rings. The Bertz CT molecular complexity index is 1090. The Labute approximate surface area is 154 Å². The van der Waals surface area contributed by atoms with Gasteiger partial charge >= 0.3 is 0 Å². The van der Waals surface area contributed by atoms with Crippen molar-refractivity contribution in [1.29, 1.82) is 0 Å². The van der Waals surface area contributed by atoms with Gasteiger partial charge in [0.25, 0.3) is 0 Å². The molecule has 1 N–H and O–H groups in total. The smallest absolute Gasteiger partial charge is 0.222 e. The minimum absolute atomic E-state index is 0.111. The SMILES string of the molecule is CC(=O)Nc1nc2ccc(-c3cccc(F)c3C)cn2c1C(=O)[C@@H]1C[C@@H]1F. The van der Waals surface area contributed by atoms with Crippen molar-refractivity contribution in [2.45, 2.75) is 26.4 Å². The van der Waals surface area contributed by atoms with Crippen LogP contribution in [0.25, 0.3) is 16.8 Å². The van der Waals surface area contributed by atoms with E-state index in [0.29, 0.717) is 22.3 Å². The van der Waals surface area contributed by atoms with Crippen LogP contribution in [0.1, 0.15) is 29.4 Å². The molecule has 1 aliphatic carbocycles. The highest BCUT2D eigenvalue weighted by atomic mass is 19.1. The Balaban J connectivity index is 1.90. The number of benzene rings is 1. The molecule has 0 aliphatic heterocycles. The van der Waals surface area contributed by atoms with Crippen LogP contribution in [0.5, 0.6) is 0 Å². The van der Waals surface area contributed by atoms with Crippen LogP contribution >= 0.6 is 0 Å². The monoisotopic (exact) mass is 369 g/mol. The molecule has 2 atom stereocenters. The Hall–Kier alpha value is -3.09. The van der Waals surface area contributed by atoms with Crippen molar-refractivity contribution in [2.75, 3.05) is 5.32 Å². The van der Waals surface area contributed by atoms with Crippen molar-refractivity contribution in [3.05, 3.63) is 53.6 Å². The summed E-state index contributed by atoms with van der Waals surface area (Å²) in [6.45, 7) is 2.99. The molecule has 1 amide bonds. The molecule has 2 aromatic heterocycles. The van der Waals surface area contributed by atoms with Crippen LogP contribution in [0.2, 0.25) is 0 Å². The first kappa shape index (κ1) is 17.3. The summed E-state index contributed by atoms with van der Waals surface area (Å²) in [6, 6.07) is 8.23. The zero-order chi connectivity index (χ0) is 19.3. The molecule has 4 rings (SSSR count). The van der Waals surface area contributed by atoms with Crippen molar-refractivity contribution < 1.29 is 18.4 Å². The number of nitrogens with one attached hydrogen (secondary N) is 1. The predicted octanol–water partition coefficient (Wildman–Crippen LogP) is 3.95. The predicted molar refractivity (Wildman–Crippen MR) is 97.0 cm³/mol. The highest BCUT2D eigenvalue weighted by molar-refractivity contribution is 6.06. The highest BCUT2D eigenvalue weighted by Gasteiger charge is 2.45. The van der Waals surface area contributed by atoms with E-state index in [1.165, 1.54) is 13.0 Å². The fourth-order valence-electron chi connectivity index (χ4n) is 3.22. The fraction of sp³-hybridized carbons (Fsp3) is 0.250. The lowest BCUT2D eigenvalue weighted by Crippen LogP contribution is -2.14. The summed E-state index contributed by atoms with van der Waals surface area (Å²) in [4.78, 5) is 28.5. The first-order valence-electron chi connectivity index (χ1n) is 8.60. The molecule has 5 nitrogen and oxygen atoms in total. The van der Waals surface area contributed by atoms with Gasteiger partial charge < -0.3 is 5.32 Å². The van der Waals surface area contributed by atoms with Gasteiger partial charge in [0.2, 0.25) is 5.91 Å². The number of hydrogen-bond donors (Lipinski definition) is 1. The third-order valence-corrected chi connectivity index (χ3v) is 4.77. The number of imidazole rings is 1. The number of ketones is 1. The van der Waals surface area contributed by atoms with Gasteiger partial charge in [-0.25, -0.2) is 13.8 Å². The molecule has 27 heavy (non-hydrogen) atoms. The van der Waals surface area contributed by atoms with E-state index in [9.17, 15) is 18.4 Å². The molecule has 1 aromatic carbocycles. The Morgan fingerprint density at radius 1 is 1.26 bits per heavy atom. The third kappa shape index (κ3) is 2.99. The van der Waals surface area contributed by atoms with Crippen LogP contribution in [0.3, 0.4) is 0 Å². The zero-order valence-electron chi connectivity index (χ0n) is 14.8. The average Bonchev–Trinajstić information content (AvgIpc) is 3.24. The summed E-state index contributed by atoms with van der Waals surface area (Å²) in [5, 5.41) is 2.55. The fourth-order valence-corrected chi connectivity index (χ4v) is 3.22. The number of Topliss-reactive ketones (excluding diaryl/α,β-unsaturated/α-hetero) is 1. The summed E-state index contributed by atoms with van der Waals surface area (Å²) in [6.07, 6.45) is 0.675. The Kier molecular flexibility index (Phi) is 4.02. The first-order chi connectivity index (χ1) is 12.9. The minimum Gasteiger partial charge on any atom is -0.309 e. The molecule has 1 fully saturated rings. The second-order valence-electron chi connectivity index (χ2n) is 6.77. The number of rotatable bonds is 4. The van der Waals surface area contributed by atoms with Gasteiger partial charge in [-0.2, -0.15) is 0 Å². The van der Waals surface area contributed by atoms with Gasteiger partial charge in [-0.05, 0) is 48.2 Å². The van der Waals surface area contributed by atoms with Gasteiger partial charge in [0.15, 0.2) is 11.6 Å². The number of carbonyl (C=O) groups is 2. The van der Waals surface area contributed by atoms with Crippen molar-refractivity contribution in [3.8, 4) is 11.1 Å². The van der Waals surface area contributed by atoms with Gasteiger partial charge in [-0.15, -0.1) is 0 Å². The molecule has 138 valence electrons. The lowest BCUT2D eigenvalue weighted by atomic mass is 10.0. The zero-order valence-corrected chi connectivity index (χ0v) is 14.8. The topological polar surface area (TPSA) is 63.5 Å². The van der Waals surface area contributed by atoms with Crippen LogP contribution in [-0.2, 0) is 4.79 Å². The molecule has 0 bridgehead atoms. The van der Waals surface area contributed by atoms with E-state index in [-0.39, 0.29) is 29.7 Å². The molecule has 0 unspecified atom stereocenters. The first-order valence-corrected chi connectivity index (χ1v) is 8.60. The van der Waals surface area contributed by atoms with E-state index in [4.69, 9.17) is 0 Å². The highest BCUT2D eigenvalue weighted by Crippen LogP contribution is 2.38. The van der Waals surface area contributed by atoms with E-state index >= 15 is 0 Å². The van der Waals surface area contributed by atoms with E-state index in [1.54, 1.807) is 41.8 Å². The second-order valence-corrected chi connectivity index (χ2v) is 6.77. The molecule has 0 saturated heterocycles. The van der Waals surface area contributed by atoms with Crippen LogP contribution in [0.4, 0.5) is 14.6 Å². The number of carbonyl (C=O) groups excluding carboxylic acids is 2. The number of pyridine rings is 1. The summed E-state index contributed by atoms with van der Waals surface area (Å²) in [5.41, 5.74) is 2.43. The van der Waals surface area contributed by atoms with Crippen molar-refractivity contribution in [3.63, 3.8) is 0 Å². The van der Waals surface area contributed by atoms with Crippen LogP contribution < -0.4 is 5.32 Å². The van der Waals surface area contributed by atoms with Crippen molar-refractivity contribution >= 4 is 23.2 Å². The summed E-state index contributed by atoms with van der Waals surface area (Å²) in [7, 11) is 0. The number of halogens is 2. The van der Waals surface area contributed by atoms with Crippen molar-refractivity contribution in [2.24, 2.45) is 5.92 Å². The molecular formula is C20H17F2N3O2. The number of nitrogens with zero attached hydrogens (tertiary/aromatic N) is 2. The molecular weight excluding hydrogens is 352 g/mol. The lowest BCUT2D eigenvalue weighted by Gasteiger charge is -2.09. The number of anilines is 1. The molecule has 0 radical (unpaired) electrons. The van der Waals surface area contributed by atoms with Gasteiger partial charge in [-0.1, -0.05) is 12.1 Å². The summed E-state index contributed by atoms with van der Waals surface area (Å²) < 4.78 is 28.9. The number of amides is 1. The third-order valence-electron chi connectivity index (χ3n) is 4.77. The normalized spacial score (nSPS) is 18.5. The summed E-state index contributed by atoms with van der Waals surface area (Å²) >= 11 is 0. The largest absolute Gasteiger partial charge is 0.309 e. The number of aromatic nitrogens is 2. The average molecular weight is 369 g/mol.